The molecule has 3 aromatic carbocycles. The second-order valence-electron chi connectivity index (χ2n) is 10.8. The molecule has 41 heavy (non-hydrogen) atoms. The molecular formula is C33H32N4O4. The highest BCUT2D eigenvalue weighted by Crippen LogP contribution is 2.40. The molecule has 2 N–H and O–H groups in total. The summed E-state index contributed by atoms with van der Waals surface area (Å²) in [5, 5.41) is 11.6. The molecule has 0 spiro atoms. The van der Waals surface area contributed by atoms with Crippen molar-refractivity contribution in [2.24, 2.45) is 11.8 Å². The molecule has 1 aromatic heterocycles. The van der Waals surface area contributed by atoms with E-state index in [2.05, 4.69) is 34.1 Å². The van der Waals surface area contributed by atoms with Gasteiger partial charge in [-0.1, -0.05) is 86.6 Å². The molecule has 2 heterocycles. The average molecular weight is 549 g/mol. The van der Waals surface area contributed by atoms with Crippen LogP contribution in [0.1, 0.15) is 57.4 Å². The van der Waals surface area contributed by atoms with Crippen LogP contribution in [0.3, 0.4) is 0 Å². The van der Waals surface area contributed by atoms with Crippen molar-refractivity contribution < 1.29 is 14.5 Å². The highest BCUT2D eigenvalue weighted by atomic mass is 16.6. The molecule has 0 radical (unpaired) electrons. The first-order chi connectivity index (χ1) is 19.7. The molecule has 208 valence electrons. The van der Waals surface area contributed by atoms with Crippen molar-refractivity contribution in [3.63, 3.8) is 0 Å². The van der Waals surface area contributed by atoms with Crippen LogP contribution in [0.2, 0.25) is 0 Å². The van der Waals surface area contributed by atoms with Gasteiger partial charge in [0.25, 0.3) is 5.69 Å². The van der Waals surface area contributed by atoms with Crippen LogP contribution in [0.4, 0.5) is 11.5 Å². The maximum Gasteiger partial charge on any atom is 0.270 e. The van der Waals surface area contributed by atoms with E-state index in [-0.39, 0.29) is 52.1 Å². The number of nitrogen functional groups attached to an aromatic ring is 1. The number of hydrogen-bond acceptors (Lipinski definition) is 7. The number of nitrogens with zero attached hydrogens (tertiary/aromatic N) is 3. The Morgan fingerprint density at radius 2 is 1.51 bits per heavy atom. The zero-order valence-corrected chi connectivity index (χ0v) is 23.3. The molecule has 0 unspecified atom stereocenters. The summed E-state index contributed by atoms with van der Waals surface area (Å²) in [5.41, 5.74) is 10.1. The number of carbonyl (C=O) groups excluding carboxylic acids is 2. The Balaban J connectivity index is 1.56. The fourth-order valence-corrected chi connectivity index (χ4v) is 5.61. The summed E-state index contributed by atoms with van der Waals surface area (Å²) in [6.45, 7) is 6.20. The van der Waals surface area contributed by atoms with Gasteiger partial charge in [-0.2, -0.15) is 0 Å². The third-order valence-corrected chi connectivity index (χ3v) is 7.65. The molecule has 8 heteroatoms. The Morgan fingerprint density at radius 3 is 2.05 bits per heavy atom. The molecule has 1 aliphatic heterocycles. The first-order valence-corrected chi connectivity index (χ1v) is 13.6. The van der Waals surface area contributed by atoms with Gasteiger partial charge in [0, 0.05) is 48.2 Å². The lowest BCUT2D eigenvalue weighted by Crippen LogP contribution is -2.52. The standard InChI is InChI=1S/C33H32N4O4/c1-20(2)31(38)27-21(3)35-33(34)29(28(27)24-15-10-16-26(17-24)37(40)41)32(39)25-18-36(19-25)30(22-11-6-4-7-12-22)23-13-8-5-9-14-23/h4-17,20,25,30H,18-19H2,1-3H3,(H2,34,35). The van der Waals surface area contributed by atoms with Gasteiger partial charge >= 0.3 is 0 Å². The molecule has 0 saturated carbocycles. The zero-order chi connectivity index (χ0) is 29.3. The van der Waals surface area contributed by atoms with Crippen LogP contribution in [0.25, 0.3) is 11.1 Å². The average Bonchev–Trinajstić information content (AvgIpc) is 2.94. The van der Waals surface area contributed by atoms with Gasteiger partial charge in [-0.05, 0) is 23.6 Å². The van der Waals surface area contributed by atoms with Gasteiger partial charge in [0.05, 0.1) is 22.2 Å². The first kappa shape index (κ1) is 27.9. The SMILES string of the molecule is Cc1nc(N)c(C(=O)C2CN(C(c3ccccc3)c3ccccc3)C2)c(-c2cccc([N+](=O)[O-])c2)c1C(=O)C(C)C. The minimum Gasteiger partial charge on any atom is -0.383 e. The van der Waals surface area contributed by atoms with E-state index in [1.165, 1.54) is 12.1 Å². The number of nitro groups is 1. The minimum atomic E-state index is -0.497. The van der Waals surface area contributed by atoms with Crippen molar-refractivity contribution in [2.45, 2.75) is 26.8 Å². The third kappa shape index (κ3) is 5.38. The van der Waals surface area contributed by atoms with Gasteiger partial charge in [-0.3, -0.25) is 24.6 Å². The van der Waals surface area contributed by atoms with E-state index < -0.39 is 4.92 Å². The Kier molecular flexibility index (Phi) is 7.77. The molecule has 0 bridgehead atoms. The molecule has 1 fully saturated rings. The number of nitro benzene ring substituents is 1. The summed E-state index contributed by atoms with van der Waals surface area (Å²) in [6.07, 6.45) is 0. The van der Waals surface area contributed by atoms with E-state index in [0.29, 0.717) is 29.9 Å². The zero-order valence-electron chi connectivity index (χ0n) is 23.3. The number of rotatable bonds is 9. The van der Waals surface area contributed by atoms with Gasteiger partial charge < -0.3 is 5.73 Å². The Labute approximate surface area is 239 Å². The number of carbonyl (C=O) groups is 2. The summed E-state index contributed by atoms with van der Waals surface area (Å²) < 4.78 is 0. The number of ketones is 2. The molecule has 1 aliphatic rings. The van der Waals surface area contributed by atoms with Crippen molar-refractivity contribution in [3.05, 3.63) is 123 Å². The molecule has 1 saturated heterocycles. The fourth-order valence-electron chi connectivity index (χ4n) is 5.61. The third-order valence-electron chi connectivity index (χ3n) is 7.65. The van der Waals surface area contributed by atoms with Crippen molar-refractivity contribution in [2.75, 3.05) is 18.8 Å². The van der Waals surface area contributed by atoms with Crippen molar-refractivity contribution >= 4 is 23.1 Å². The largest absolute Gasteiger partial charge is 0.383 e. The molecule has 4 aromatic rings. The smallest absolute Gasteiger partial charge is 0.270 e. The van der Waals surface area contributed by atoms with E-state index in [9.17, 15) is 19.7 Å². The number of likely N-dealkylation sites (tertiary alicyclic amines) is 1. The number of aromatic nitrogens is 1. The second kappa shape index (κ2) is 11.4. The van der Waals surface area contributed by atoms with Crippen LogP contribution >= 0.6 is 0 Å². The number of nitrogens with two attached hydrogens (primary N) is 1. The Bertz CT molecular complexity index is 1570. The summed E-state index contributed by atoms with van der Waals surface area (Å²) in [6, 6.07) is 26.3. The maximum atomic E-state index is 14.2. The van der Waals surface area contributed by atoms with Gasteiger partial charge in [0.2, 0.25) is 0 Å². The van der Waals surface area contributed by atoms with Gasteiger partial charge in [-0.15, -0.1) is 0 Å². The number of non-ortho nitro benzene ring substituents is 1. The molecular weight excluding hydrogens is 516 g/mol. The van der Waals surface area contributed by atoms with Gasteiger partial charge in [0.15, 0.2) is 11.6 Å². The van der Waals surface area contributed by atoms with Crippen LogP contribution in [-0.4, -0.2) is 39.5 Å². The maximum absolute atomic E-state index is 14.2. The predicted octanol–water partition coefficient (Wildman–Crippen LogP) is 6.29. The van der Waals surface area contributed by atoms with Crippen LogP contribution in [-0.2, 0) is 0 Å². The highest BCUT2D eigenvalue weighted by Gasteiger charge is 2.40. The first-order valence-electron chi connectivity index (χ1n) is 13.6. The predicted molar refractivity (Wildman–Crippen MR) is 159 cm³/mol. The lowest BCUT2D eigenvalue weighted by Gasteiger charge is -2.44. The highest BCUT2D eigenvalue weighted by molar-refractivity contribution is 6.14. The topological polar surface area (TPSA) is 119 Å². The number of aryl methyl sites for hydroxylation is 1. The number of hydrogen-bond donors (Lipinski definition) is 1. The fraction of sp³-hybridized carbons (Fsp3) is 0.242. The lowest BCUT2D eigenvalue weighted by molar-refractivity contribution is -0.384. The summed E-state index contributed by atoms with van der Waals surface area (Å²) in [7, 11) is 0. The molecule has 0 aliphatic carbocycles. The molecule has 0 amide bonds. The summed E-state index contributed by atoms with van der Waals surface area (Å²) in [5.74, 6) is -1.15. The second-order valence-corrected chi connectivity index (χ2v) is 10.8. The van der Waals surface area contributed by atoms with E-state index in [4.69, 9.17) is 5.73 Å². The Hall–Kier alpha value is -4.69. The normalized spacial score (nSPS) is 13.8. The van der Waals surface area contributed by atoms with Crippen LogP contribution in [0, 0.1) is 28.9 Å². The van der Waals surface area contributed by atoms with Crippen LogP contribution in [0.5, 0.6) is 0 Å². The van der Waals surface area contributed by atoms with Gasteiger partial charge in [-0.25, -0.2) is 4.98 Å². The van der Waals surface area contributed by atoms with Crippen molar-refractivity contribution in [3.8, 4) is 11.1 Å². The number of Topliss-reactive ketones (excluding diaryl/α,β-unsaturated/α-hetero) is 2. The summed E-state index contributed by atoms with van der Waals surface area (Å²) in [4.78, 5) is 45.4. The number of anilines is 1. The number of pyridine rings is 1. The number of benzene rings is 3. The lowest BCUT2D eigenvalue weighted by atomic mass is 9.81. The van der Waals surface area contributed by atoms with Crippen LogP contribution in [0.15, 0.2) is 84.9 Å². The monoisotopic (exact) mass is 548 g/mol. The van der Waals surface area contributed by atoms with E-state index in [1.54, 1.807) is 32.9 Å². The van der Waals surface area contributed by atoms with E-state index in [1.807, 2.05) is 36.4 Å². The van der Waals surface area contributed by atoms with Crippen LogP contribution < -0.4 is 5.73 Å². The minimum absolute atomic E-state index is 0.0235. The summed E-state index contributed by atoms with van der Waals surface area (Å²) >= 11 is 0. The van der Waals surface area contributed by atoms with Gasteiger partial charge in [0.1, 0.15) is 5.82 Å². The van der Waals surface area contributed by atoms with Crippen molar-refractivity contribution in [1.29, 1.82) is 0 Å². The van der Waals surface area contributed by atoms with E-state index >= 15 is 0 Å². The Morgan fingerprint density at radius 1 is 0.927 bits per heavy atom. The molecule has 0 atom stereocenters. The quantitative estimate of drug-likeness (QED) is 0.148. The van der Waals surface area contributed by atoms with E-state index in [0.717, 1.165) is 11.1 Å². The van der Waals surface area contributed by atoms with Crippen molar-refractivity contribution in [1.82, 2.24) is 9.88 Å². The molecule has 5 rings (SSSR count). The molecule has 8 nitrogen and oxygen atoms in total.